The highest BCUT2D eigenvalue weighted by Gasteiger charge is 2.13. The number of amides is 1. The molecular formula is C11H12N6O. The predicted octanol–water partition coefficient (Wildman–Crippen LogP) is -0.267. The Morgan fingerprint density at radius 2 is 2.22 bits per heavy atom. The lowest BCUT2D eigenvalue weighted by Gasteiger charge is -2.04. The molecule has 0 radical (unpaired) electrons. The smallest absolute Gasteiger partial charge is 0.251 e. The summed E-state index contributed by atoms with van der Waals surface area (Å²) in [5, 5.41) is 19.3. The number of nitrogens with zero attached hydrogens (tertiary/aromatic N) is 3. The number of H-pyrrole nitrogens is 1. The van der Waals surface area contributed by atoms with Crippen LogP contribution in [0.1, 0.15) is 27.3 Å². The Hall–Kier alpha value is -2.28. The van der Waals surface area contributed by atoms with Crippen LogP contribution in [0.2, 0.25) is 0 Å². The van der Waals surface area contributed by atoms with E-state index in [0.717, 1.165) is 13.1 Å². The fraction of sp³-hybridized carbons (Fsp3) is 0.273. The maximum Gasteiger partial charge on any atom is 0.251 e. The summed E-state index contributed by atoms with van der Waals surface area (Å²) in [7, 11) is 0. The molecule has 7 heteroatoms. The van der Waals surface area contributed by atoms with Crippen LogP contribution in [0.25, 0.3) is 0 Å². The molecule has 18 heavy (non-hydrogen) atoms. The Morgan fingerprint density at radius 1 is 1.33 bits per heavy atom. The van der Waals surface area contributed by atoms with E-state index in [-0.39, 0.29) is 12.5 Å². The lowest BCUT2D eigenvalue weighted by molar-refractivity contribution is 0.0950. The molecule has 1 aliphatic rings. The van der Waals surface area contributed by atoms with E-state index in [9.17, 15) is 4.79 Å². The van der Waals surface area contributed by atoms with Crippen LogP contribution in [0, 0.1) is 0 Å². The molecule has 0 saturated heterocycles. The molecule has 0 atom stereocenters. The monoisotopic (exact) mass is 244 g/mol. The van der Waals surface area contributed by atoms with Crippen LogP contribution < -0.4 is 10.6 Å². The first-order valence-electron chi connectivity index (χ1n) is 5.66. The van der Waals surface area contributed by atoms with Crippen molar-refractivity contribution < 1.29 is 4.79 Å². The summed E-state index contributed by atoms with van der Waals surface area (Å²) in [6, 6.07) is 5.73. The standard InChI is InChI=1S/C11H12N6O/c18-11(13-6-10-14-16-17-15-10)7-1-2-8-4-12-5-9(8)3-7/h1-3,12H,4-6H2,(H,13,18)(H,14,15,16,17). The second-order valence-corrected chi connectivity index (χ2v) is 4.10. The average molecular weight is 244 g/mol. The van der Waals surface area contributed by atoms with Crippen molar-refractivity contribution in [1.82, 2.24) is 31.3 Å². The number of carbonyl (C=O) groups excluding carboxylic acids is 1. The molecule has 0 spiro atoms. The van der Waals surface area contributed by atoms with Crippen LogP contribution >= 0.6 is 0 Å². The van der Waals surface area contributed by atoms with Crippen LogP contribution in [-0.2, 0) is 19.6 Å². The lowest BCUT2D eigenvalue weighted by Crippen LogP contribution is -2.23. The molecule has 1 amide bonds. The SMILES string of the molecule is O=C(NCc1nn[nH]n1)c1ccc2c(c1)CNC2. The molecule has 0 unspecified atom stereocenters. The first-order valence-corrected chi connectivity index (χ1v) is 5.66. The topological polar surface area (TPSA) is 95.6 Å². The minimum Gasteiger partial charge on any atom is -0.345 e. The van der Waals surface area contributed by atoms with E-state index in [4.69, 9.17) is 0 Å². The fourth-order valence-electron chi connectivity index (χ4n) is 1.95. The van der Waals surface area contributed by atoms with Crippen molar-refractivity contribution >= 4 is 5.91 Å². The van der Waals surface area contributed by atoms with E-state index in [1.165, 1.54) is 11.1 Å². The van der Waals surface area contributed by atoms with E-state index in [1.807, 2.05) is 18.2 Å². The molecule has 0 saturated carbocycles. The molecule has 2 aromatic rings. The van der Waals surface area contributed by atoms with Gasteiger partial charge in [-0.2, -0.15) is 5.21 Å². The zero-order valence-electron chi connectivity index (χ0n) is 9.60. The van der Waals surface area contributed by atoms with Crippen molar-refractivity contribution in [1.29, 1.82) is 0 Å². The Balaban J connectivity index is 1.69. The zero-order chi connectivity index (χ0) is 12.4. The van der Waals surface area contributed by atoms with Crippen molar-refractivity contribution in [2.24, 2.45) is 0 Å². The summed E-state index contributed by atoms with van der Waals surface area (Å²) < 4.78 is 0. The van der Waals surface area contributed by atoms with Crippen molar-refractivity contribution in [3.05, 3.63) is 40.7 Å². The van der Waals surface area contributed by atoms with E-state index in [0.29, 0.717) is 11.4 Å². The summed E-state index contributed by atoms with van der Waals surface area (Å²) in [4.78, 5) is 11.9. The number of nitrogens with one attached hydrogen (secondary N) is 3. The number of carbonyl (C=O) groups is 1. The van der Waals surface area contributed by atoms with Gasteiger partial charge in [-0.25, -0.2) is 0 Å². The number of fused-ring (bicyclic) bond motifs is 1. The first kappa shape index (κ1) is 10.8. The molecule has 2 heterocycles. The number of aromatic amines is 1. The number of tetrazole rings is 1. The molecule has 1 aromatic carbocycles. The third-order valence-corrected chi connectivity index (χ3v) is 2.90. The third kappa shape index (κ3) is 2.07. The van der Waals surface area contributed by atoms with Gasteiger partial charge in [-0.05, 0) is 23.3 Å². The minimum atomic E-state index is -0.130. The van der Waals surface area contributed by atoms with Crippen molar-refractivity contribution in [3.8, 4) is 0 Å². The van der Waals surface area contributed by atoms with Gasteiger partial charge in [0.05, 0.1) is 6.54 Å². The highest BCUT2D eigenvalue weighted by molar-refractivity contribution is 5.94. The summed E-state index contributed by atoms with van der Waals surface area (Å²) in [5.41, 5.74) is 3.09. The average Bonchev–Trinajstić information content (AvgIpc) is 3.05. The van der Waals surface area contributed by atoms with Gasteiger partial charge in [-0.1, -0.05) is 11.3 Å². The van der Waals surface area contributed by atoms with Crippen LogP contribution in [-0.4, -0.2) is 26.5 Å². The second-order valence-electron chi connectivity index (χ2n) is 4.10. The van der Waals surface area contributed by atoms with Crippen LogP contribution in [0.3, 0.4) is 0 Å². The van der Waals surface area contributed by atoms with E-state index in [1.54, 1.807) is 0 Å². The van der Waals surface area contributed by atoms with Gasteiger partial charge in [-0.15, -0.1) is 10.2 Å². The molecular weight excluding hydrogens is 232 g/mol. The maximum atomic E-state index is 11.9. The molecule has 3 N–H and O–H groups in total. The minimum absolute atomic E-state index is 0.130. The quantitative estimate of drug-likeness (QED) is 0.691. The van der Waals surface area contributed by atoms with Gasteiger partial charge in [0, 0.05) is 18.7 Å². The Labute approximate surface area is 103 Å². The van der Waals surface area contributed by atoms with E-state index < -0.39 is 0 Å². The summed E-state index contributed by atoms with van der Waals surface area (Å²) in [6.07, 6.45) is 0. The predicted molar refractivity (Wildman–Crippen MR) is 62.3 cm³/mol. The number of hydrogen-bond acceptors (Lipinski definition) is 5. The number of aromatic nitrogens is 4. The fourth-order valence-corrected chi connectivity index (χ4v) is 1.95. The highest BCUT2D eigenvalue weighted by Crippen LogP contribution is 2.16. The Morgan fingerprint density at radius 3 is 3.06 bits per heavy atom. The van der Waals surface area contributed by atoms with Crippen molar-refractivity contribution in [2.75, 3.05) is 0 Å². The largest absolute Gasteiger partial charge is 0.345 e. The maximum absolute atomic E-state index is 11.9. The number of hydrogen-bond donors (Lipinski definition) is 3. The molecule has 0 aliphatic carbocycles. The van der Waals surface area contributed by atoms with Gasteiger partial charge < -0.3 is 10.6 Å². The van der Waals surface area contributed by atoms with Crippen molar-refractivity contribution in [3.63, 3.8) is 0 Å². The van der Waals surface area contributed by atoms with E-state index in [2.05, 4.69) is 31.3 Å². The second kappa shape index (κ2) is 4.53. The van der Waals surface area contributed by atoms with E-state index >= 15 is 0 Å². The molecule has 0 fully saturated rings. The molecule has 7 nitrogen and oxygen atoms in total. The van der Waals surface area contributed by atoms with Gasteiger partial charge in [0.25, 0.3) is 5.91 Å². The summed E-state index contributed by atoms with van der Waals surface area (Å²) >= 11 is 0. The summed E-state index contributed by atoms with van der Waals surface area (Å²) in [5.74, 6) is 0.334. The van der Waals surface area contributed by atoms with Gasteiger partial charge >= 0.3 is 0 Å². The Bertz CT molecular complexity index is 565. The van der Waals surface area contributed by atoms with Crippen LogP contribution in [0.15, 0.2) is 18.2 Å². The molecule has 3 rings (SSSR count). The van der Waals surface area contributed by atoms with Gasteiger partial charge in [-0.3, -0.25) is 4.79 Å². The van der Waals surface area contributed by atoms with Crippen LogP contribution in [0.4, 0.5) is 0 Å². The normalized spacial score (nSPS) is 13.3. The molecule has 1 aliphatic heterocycles. The summed E-state index contributed by atoms with van der Waals surface area (Å²) in [6.45, 7) is 1.96. The van der Waals surface area contributed by atoms with Gasteiger partial charge in [0.1, 0.15) is 0 Å². The number of benzene rings is 1. The zero-order valence-corrected chi connectivity index (χ0v) is 9.60. The third-order valence-electron chi connectivity index (χ3n) is 2.90. The molecule has 1 aromatic heterocycles. The molecule has 0 bridgehead atoms. The highest BCUT2D eigenvalue weighted by atomic mass is 16.1. The molecule has 92 valence electrons. The van der Waals surface area contributed by atoms with Crippen molar-refractivity contribution in [2.45, 2.75) is 19.6 Å². The van der Waals surface area contributed by atoms with Crippen LogP contribution in [0.5, 0.6) is 0 Å². The Kier molecular flexibility index (Phi) is 2.73. The lowest BCUT2D eigenvalue weighted by atomic mass is 10.1. The number of rotatable bonds is 3. The first-order chi connectivity index (χ1) is 8.83. The van der Waals surface area contributed by atoms with Gasteiger partial charge in [0.15, 0.2) is 5.82 Å². The van der Waals surface area contributed by atoms with Gasteiger partial charge in [0.2, 0.25) is 0 Å².